The number of hydrogen-bond acceptors (Lipinski definition) is 2. The van der Waals surface area contributed by atoms with Crippen LogP contribution in [-0.4, -0.2) is 5.11 Å². The van der Waals surface area contributed by atoms with Gasteiger partial charge in [0.25, 0.3) is 0 Å². The Bertz CT molecular complexity index is 578. The minimum absolute atomic E-state index is 0.370. The highest BCUT2D eigenvalue weighted by Gasteiger charge is 2.07. The topological polar surface area (TPSA) is 44.0 Å². The van der Waals surface area contributed by atoms with Crippen LogP contribution in [0.1, 0.15) is 43.4 Å². The second kappa shape index (κ2) is 6.88. The second-order valence-corrected chi connectivity index (χ2v) is 4.97. The molecule has 0 saturated heterocycles. The summed E-state index contributed by atoms with van der Waals surface area (Å²) in [7, 11) is 0. The van der Waals surface area contributed by atoms with Gasteiger partial charge in [-0.2, -0.15) is 5.26 Å². The van der Waals surface area contributed by atoms with Crippen LogP contribution in [0.5, 0.6) is 0 Å². The number of aliphatic hydroxyl groups is 1. The first-order chi connectivity index (χ1) is 9.74. The monoisotopic (exact) mass is 265 g/mol. The summed E-state index contributed by atoms with van der Waals surface area (Å²) in [6.45, 7) is 2.13. The normalized spacial score (nSPS) is 11.8. The minimum atomic E-state index is -0.370. The van der Waals surface area contributed by atoms with Crippen molar-refractivity contribution in [1.82, 2.24) is 0 Å². The standard InChI is InChI=1S/C18H19NO/c1-2-3-4-18(20)17-11-9-16(10-12-17)15-7-5-14(13-19)6-8-15/h5-12,18,20H,2-4H2,1H3. The van der Waals surface area contributed by atoms with Gasteiger partial charge in [0.2, 0.25) is 0 Å². The molecule has 2 rings (SSSR count). The molecule has 102 valence electrons. The first-order valence-electron chi connectivity index (χ1n) is 7.03. The van der Waals surface area contributed by atoms with Gasteiger partial charge in [0.1, 0.15) is 0 Å². The van der Waals surface area contributed by atoms with Gasteiger partial charge in [0.05, 0.1) is 17.7 Å². The van der Waals surface area contributed by atoms with Gasteiger partial charge in [-0.25, -0.2) is 0 Å². The van der Waals surface area contributed by atoms with Gasteiger partial charge >= 0.3 is 0 Å². The molecule has 0 aliphatic carbocycles. The zero-order valence-corrected chi connectivity index (χ0v) is 11.7. The van der Waals surface area contributed by atoms with Crippen LogP contribution in [-0.2, 0) is 0 Å². The van der Waals surface area contributed by atoms with Crippen molar-refractivity contribution in [3.8, 4) is 17.2 Å². The third kappa shape index (κ3) is 3.46. The summed E-state index contributed by atoms with van der Waals surface area (Å²) in [4.78, 5) is 0. The molecule has 2 aromatic rings. The van der Waals surface area contributed by atoms with Gasteiger partial charge in [0, 0.05) is 0 Å². The molecule has 20 heavy (non-hydrogen) atoms. The van der Waals surface area contributed by atoms with E-state index in [1.807, 2.05) is 48.5 Å². The number of unbranched alkanes of at least 4 members (excludes halogenated alkanes) is 1. The van der Waals surface area contributed by atoms with Crippen LogP contribution in [0.25, 0.3) is 11.1 Å². The highest BCUT2D eigenvalue weighted by atomic mass is 16.3. The lowest BCUT2D eigenvalue weighted by Crippen LogP contribution is -1.96. The van der Waals surface area contributed by atoms with Crippen LogP contribution in [0.3, 0.4) is 0 Å². The Morgan fingerprint density at radius 3 is 2.05 bits per heavy atom. The molecular weight excluding hydrogens is 246 g/mol. The van der Waals surface area contributed by atoms with Crippen LogP contribution >= 0.6 is 0 Å². The fourth-order valence-corrected chi connectivity index (χ4v) is 2.20. The van der Waals surface area contributed by atoms with Crippen LogP contribution in [0, 0.1) is 11.3 Å². The number of hydrogen-bond donors (Lipinski definition) is 1. The highest BCUT2D eigenvalue weighted by molar-refractivity contribution is 5.64. The molecule has 2 heteroatoms. The number of rotatable bonds is 5. The van der Waals surface area contributed by atoms with Crippen molar-refractivity contribution in [2.24, 2.45) is 0 Å². The Kier molecular flexibility index (Phi) is 4.92. The van der Waals surface area contributed by atoms with Crippen molar-refractivity contribution in [2.75, 3.05) is 0 Å². The average Bonchev–Trinajstić information content (AvgIpc) is 2.53. The average molecular weight is 265 g/mol. The van der Waals surface area contributed by atoms with Gasteiger partial charge in [-0.3, -0.25) is 0 Å². The largest absolute Gasteiger partial charge is 0.388 e. The number of nitriles is 1. The Hall–Kier alpha value is -2.11. The van der Waals surface area contributed by atoms with Crippen molar-refractivity contribution >= 4 is 0 Å². The van der Waals surface area contributed by atoms with Gasteiger partial charge in [0.15, 0.2) is 0 Å². The van der Waals surface area contributed by atoms with E-state index in [1.165, 1.54) is 0 Å². The van der Waals surface area contributed by atoms with Crippen LogP contribution in [0.2, 0.25) is 0 Å². The van der Waals surface area contributed by atoms with Crippen molar-refractivity contribution in [2.45, 2.75) is 32.3 Å². The van der Waals surface area contributed by atoms with Gasteiger partial charge in [-0.15, -0.1) is 0 Å². The van der Waals surface area contributed by atoms with E-state index in [9.17, 15) is 5.11 Å². The first-order valence-corrected chi connectivity index (χ1v) is 7.03. The summed E-state index contributed by atoms with van der Waals surface area (Å²) < 4.78 is 0. The van der Waals surface area contributed by atoms with Gasteiger partial charge in [-0.05, 0) is 35.2 Å². The highest BCUT2D eigenvalue weighted by Crippen LogP contribution is 2.24. The fourth-order valence-electron chi connectivity index (χ4n) is 2.20. The number of nitrogens with zero attached hydrogens (tertiary/aromatic N) is 1. The fraction of sp³-hybridized carbons (Fsp3) is 0.278. The lowest BCUT2D eigenvalue weighted by atomic mass is 9.99. The van der Waals surface area contributed by atoms with Crippen molar-refractivity contribution in [1.29, 1.82) is 5.26 Å². The summed E-state index contributed by atoms with van der Waals surface area (Å²) in [5.74, 6) is 0. The van der Waals surface area contributed by atoms with E-state index in [2.05, 4.69) is 13.0 Å². The molecular formula is C18H19NO. The molecule has 1 unspecified atom stereocenters. The molecule has 0 saturated carbocycles. The van der Waals surface area contributed by atoms with E-state index in [0.717, 1.165) is 36.0 Å². The van der Waals surface area contributed by atoms with Crippen molar-refractivity contribution in [3.63, 3.8) is 0 Å². The Morgan fingerprint density at radius 2 is 1.55 bits per heavy atom. The molecule has 0 heterocycles. The predicted molar refractivity (Wildman–Crippen MR) is 81.1 cm³/mol. The van der Waals surface area contributed by atoms with E-state index in [0.29, 0.717) is 5.56 Å². The number of aliphatic hydroxyl groups excluding tert-OH is 1. The molecule has 1 atom stereocenters. The summed E-state index contributed by atoms with van der Waals surface area (Å²) in [6, 6.07) is 17.6. The molecule has 1 N–H and O–H groups in total. The summed E-state index contributed by atoms with van der Waals surface area (Å²) in [5.41, 5.74) is 3.82. The third-order valence-electron chi connectivity index (χ3n) is 3.47. The zero-order chi connectivity index (χ0) is 14.4. The Morgan fingerprint density at radius 1 is 1.00 bits per heavy atom. The SMILES string of the molecule is CCCCC(O)c1ccc(-c2ccc(C#N)cc2)cc1. The third-order valence-corrected chi connectivity index (χ3v) is 3.47. The molecule has 0 aromatic heterocycles. The Balaban J connectivity index is 2.13. The summed E-state index contributed by atoms with van der Waals surface area (Å²) >= 11 is 0. The maximum Gasteiger partial charge on any atom is 0.0991 e. The van der Waals surface area contributed by atoms with E-state index in [1.54, 1.807) is 0 Å². The number of benzene rings is 2. The van der Waals surface area contributed by atoms with E-state index < -0.39 is 0 Å². The molecule has 0 bridgehead atoms. The van der Waals surface area contributed by atoms with Crippen LogP contribution < -0.4 is 0 Å². The lowest BCUT2D eigenvalue weighted by molar-refractivity contribution is 0.164. The molecule has 0 amide bonds. The molecule has 0 aliphatic rings. The molecule has 2 nitrogen and oxygen atoms in total. The molecule has 0 radical (unpaired) electrons. The van der Waals surface area contributed by atoms with Crippen molar-refractivity contribution in [3.05, 3.63) is 59.7 Å². The van der Waals surface area contributed by atoms with Crippen LogP contribution in [0.15, 0.2) is 48.5 Å². The summed E-state index contributed by atoms with van der Waals surface area (Å²) in [6.07, 6.45) is 2.58. The summed E-state index contributed by atoms with van der Waals surface area (Å²) in [5, 5.41) is 18.8. The maximum atomic E-state index is 10.0. The van der Waals surface area contributed by atoms with E-state index in [-0.39, 0.29) is 6.10 Å². The van der Waals surface area contributed by atoms with E-state index >= 15 is 0 Å². The predicted octanol–water partition coefficient (Wildman–Crippen LogP) is 4.45. The zero-order valence-electron chi connectivity index (χ0n) is 11.7. The lowest BCUT2D eigenvalue weighted by Gasteiger charge is -2.11. The van der Waals surface area contributed by atoms with Gasteiger partial charge in [-0.1, -0.05) is 56.2 Å². The molecule has 0 fully saturated rings. The van der Waals surface area contributed by atoms with Crippen molar-refractivity contribution < 1.29 is 5.11 Å². The maximum absolute atomic E-state index is 10.0. The molecule has 2 aromatic carbocycles. The first kappa shape index (κ1) is 14.3. The van der Waals surface area contributed by atoms with Gasteiger partial charge < -0.3 is 5.11 Å². The smallest absolute Gasteiger partial charge is 0.0991 e. The van der Waals surface area contributed by atoms with E-state index in [4.69, 9.17) is 5.26 Å². The quantitative estimate of drug-likeness (QED) is 0.868. The molecule has 0 aliphatic heterocycles. The minimum Gasteiger partial charge on any atom is -0.388 e. The van der Waals surface area contributed by atoms with Crippen LogP contribution in [0.4, 0.5) is 0 Å². The molecule has 0 spiro atoms. The Labute approximate surface area is 120 Å². The second-order valence-electron chi connectivity index (χ2n) is 4.97.